The van der Waals surface area contributed by atoms with Crippen LogP contribution in [0.3, 0.4) is 0 Å². The van der Waals surface area contributed by atoms with Crippen LogP contribution in [-0.2, 0) is 23.0 Å². The highest BCUT2D eigenvalue weighted by Crippen LogP contribution is 2.22. The van der Waals surface area contributed by atoms with E-state index in [-0.39, 0.29) is 12.0 Å². The predicted octanol–water partition coefficient (Wildman–Crippen LogP) is 2.31. The summed E-state index contributed by atoms with van der Waals surface area (Å²) in [5.41, 5.74) is 3.15. The van der Waals surface area contributed by atoms with Gasteiger partial charge in [-0.2, -0.15) is 5.10 Å². The van der Waals surface area contributed by atoms with E-state index < -0.39 is 0 Å². The van der Waals surface area contributed by atoms with E-state index in [0.717, 1.165) is 36.3 Å². The van der Waals surface area contributed by atoms with Gasteiger partial charge in [0.05, 0.1) is 11.8 Å². The van der Waals surface area contributed by atoms with Gasteiger partial charge in [0, 0.05) is 38.4 Å². The quantitative estimate of drug-likeness (QED) is 0.890. The summed E-state index contributed by atoms with van der Waals surface area (Å²) in [7, 11) is 1.91. The summed E-state index contributed by atoms with van der Waals surface area (Å²) in [6, 6.07) is 10.1. The highest BCUT2D eigenvalue weighted by atomic mass is 16.5. The van der Waals surface area contributed by atoms with Gasteiger partial charge in [-0.25, -0.2) is 0 Å². The van der Waals surface area contributed by atoms with Crippen LogP contribution in [0.2, 0.25) is 0 Å². The minimum absolute atomic E-state index is 0.0726. The molecule has 0 bridgehead atoms. The molecular formula is C18H23N3O2. The van der Waals surface area contributed by atoms with Gasteiger partial charge in [0.25, 0.3) is 0 Å². The molecule has 1 amide bonds. The number of carbonyl (C=O) groups is 1. The lowest BCUT2D eigenvalue weighted by Crippen LogP contribution is -2.31. The standard InChI is InChI=1S/C18H23N3O2/c1-21-13-15(18(20-21)14-6-3-2-4-7-14)9-10-17(22)19-12-16-8-5-11-23-16/h2-4,6-7,13,16H,5,8-12H2,1H3,(H,19,22)/t16-/m0/s1. The van der Waals surface area contributed by atoms with Crippen LogP contribution in [0.15, 0.2) is 36.5 Å². The zero-order valence-corrected chi connectivity index (χ0v) is 13.5. The first-order valence-corrected chi connectivity index (χ1v) is 8.18. The van der Waals surface area contributed by atoms with Crippen molar-refractivity contribution in [2.45, 2.75) is 31.8 Å². The molecule has 122 valence electrons. The SMILES string of the molecule is Cn1cc(CCC(=O)NC[C@@H]2CCCO2)c(-c2ccccc2)n1. The number of hydrogen-bond donors (Lipinski definition) is 1. The van der Waals surface area contributed by atoms with Crippen LogP contribution in [-0.4, -0.2) is 34.9 Å². The fourth-order valence-corrected chi connectivity index (χ4v) is 2.93. The second-order valence-corrected chi connectivity index (χ2v) is 5.98. The number of aryl methyl sites for hydroxylation is 2. The van der Waals surface area contributed by atoms with Crippen molar-refractivity contribution in [1.29, 1.82) is 0 Å². The lowest BCUT2D eigenvalue weighted by Gasteiger charge is -2.10. The van der Waals surface area contributed by atoms with Crippen molar-refractivity contribution < 1.29 is 9.53 Å². The average Bonchev–Trinajstić information content (AvgIpc) is 3.21. The molecule has 0 saturated carbocycles. The zero-order valence-electron chi connectivity index (χ0n) is 13.5. The molecular weight excluding hydrogens is 290 g/mol. The van der Waals surface area contributed by atoms with Crippen LogP contribution in [0.1, 0.15) is 24.8 Å². The van der Waals surface area contributed by atoms with Crippen molar-refractivity contribution in [2.75, 3.05) is 13.2 Å². The smallest absolute Gasteiger partial charge is 0.220 e. The van der Waals surface area contributed by atoms with Gasteiger partial charge in [0.2, 0.25) is 5.91 Å². The molecule has 0 unspecified atom stereocenters. The Kier molecular flexibility index (Phi) is 5.08. The summed E-state index contributed by atoms with van der Waals surface area (Å²) in [6.45, 7) is 1.44. The van der Waals surface area contributed by atoms with E-state index in [0.29, 0.717) is 19.4 Å². The lowest BCUT2D eigenvalue weighted by molar-refractivity contribution is -0.121. The van der Waals surface area contributed by atoms with Crippen molar-refractivity contribution in [3.63, 3.8) is 0 Å². The van der Waals surface area contributed by atoms with Gasteiger partial charge in [-0.3, -0.25) is 9.48 Å². The molecule has 1 aliphatic rings. The molecule has 0 spiro atoms. The highest BCUT2D eigenvalue weighted by Gasteiger charge is 2.16. The topological polar surface area (TPSA) is 56.2 Å². The van der Waals surface area contributed by atoms with Gasteiger partial charge >= 0.3 is 0 Å². The van der Waals surface area contributed by atoms with Crippen LogP contribution in [0, 0.1) is 0 Å². The summed E-state index contributed by atoms with van der Waals surface area (Å²) < 4.78 is 7.33. The van der Waals surface area contributed by atoms with E-state index in [9.17, 15) is 4.79 Å². The number of nitrogens with one attached hydrogen (secondary N) is 1. The maximum atomic E-state index is 12.0. The Bertz CT molecular complexity index is 646. The van der Waals surface area contributed by atoms with Crippen molar-refractivity contribution >= 4 is 5.91 Å². The average molecular weight is 313 g/mol. The maximum absolute atomic E-state index is 12.0. The summed E-state index contributed by atoms with van der Waals surface area (Å²) in [6.07, 6.45) is 5.48. The van der Waals surface area contributed by atoms with Crippen molar-refractivity contribution in [3.8, 4) is 11.3 Å². The number of aromatic nitrogens is 2. The zero-order chi connectivity index (χ0) is 16.1. The third-order valence-electron chi connectivity index (χ3n) is 4.12. The number of ether oxygens (including phenoxy) is 1. The monoisotopic (exact) mass is 313 g/mol. The molecule has 1 saturated heterocycles. The summed E-state index contributed by atoms with van der Waals surface area (Å²) in [5, 5.41) is 7.50. The first-order valence-electron chi connectivity index (χ1n) is 8.18. The van der Waals surface area contributed by atoms with E-state index in [4.69, 9.17) is 4.74 Å². The van der Waals surface area contributed by atoms with Crippen LogP contribution >= 0.6 is 0 Å². The number of carbonyl (C=O) groups excluding carboxylic acids is 1. The molecule has 2 heterocycles. The third-order valence-corrected chi connectivity index (χ3v) is 4.12. The summed E-state index contributed by atoms with van der Waals surface area (Å²) in [5.74, 6) is 0.0726. The molecule has 5 nitrogen and oxygen atoms in total. The molecule has 1 atom stereocenters. The molecule has 1 fully saturated rings. The molecule has 0 aliphatic carbocycles. The fourth-order valence-electron chi connectivity index (χ4n) is 2.93. The van der Waals surface area contributed by atoms with Crippen molar-refractivity contribution in [3.05, 3.63) is 42.1 Å². The number of amides is 1. The minimum Gasteiger partial charge on any atom is -0.376 e. The molecule has 1 aromatic heterocycles. The Morgan fingerprint density at radius 2 is 2.22 bits per heavy atom. The molecule has 2 aromatic rings. The molecule has 5 heteroatoms. The van der Waals surface area contributed by atoms with Gasteiger partial charge in [-0.05, 0) is 24.8 Å². The first-order chi connectivity index (χ1) is 11.2. The minimum atomic E-state index is 0.0726. The predicted molar refractivity (Wildman–Crippen MR) is 88.9 cm³/mol. The van der Waals surface area contributed by atoms with Gasteiger partial charge in [-0.1, -0.05) is 30.3 Å². The summed E-state index contributed by atoms with van der Waals surface area (Å²) >= 11 is 0. The Hall–Kier alpha value is -2.14. The molecule has 1 N–H and O–H groups in total. The van der Waals surface area contributed by atoms with Crippen molar-refractivity contribution in [1.82, 2.24) is 15.1 Å². The normalized spacial score (nSPS) is 17.3. The number of rotatable bonds is 6. The van der Waals surface area contributed by atoms with E-state index in [1.165, 1.54) is 0 Å². The van der Waals surface area contributed by atoms with Gasteiger partial charge in [0.1, 0.15) is 0 Å². The van der Waals surface area contributed by atoms with Crippen LogP contribution in [0.4, 0.5) is 0 Å². The van der Waals surface area contributed by atoms with Gasteiger partial charge in [0.15, 0.2) is 0 Å². The number of benzene rings is 1. The molecule has 1 aromatic carbocycles. The second kappa shape index (κ2) is 7.42. The Balaban J connectivity index is 1.56. The van der Waals surface area contributed by atoms with Gasteiger partial charge in [-0.15, -0.1) is 0 Å². The van der Waals surface area contributed by atoms with E-state index in [1.54, 1.807) is 0 Å². The molecule has 0 radical (unpaired) electrons. The Morgan fingerprint density at radius 1 is 1.39 bits per heavy atom. The lowest BCUT2D eigenvalue weighted by atomic mass is 10.0. The Labute approximate surface area is 136 Å². The van der Waals surface area contributed by atoms with E-state index in [1.807, 2.05) is 48.3 Å². The maximum Gasteiger partial charge on any atom is 0.220 e. The van der Waals surface area contributed by atoms with E-state index >= 15 is 0 Å². The Morgan fingerprint density at radius 3 is 2.96 bits per heavy atom. The van der Waals surface area contributed by atoms with Crippen LogP contribution in [0.5, 0.6) is 0 Å². The molecule has 1 aliphatic heterocycles. The molecule has 3 rings (SSSR count). The molecule has 23 heavy (non-hydrogen) atoms. The van der Waals surface area contributed by atoms with Crippen molar-refractivity contribution in [2.24, 2.45) is 7.05 Å². The third kappa shape index (κ3) is 4.20. The van der Waals surface area contributed by atoms with Crippen LogP contribution < -0.4 is 5.32 Å². The largest absolute Gasteiger partial charge is 0.376 e. The number of hydrogen-bond acceptors (Lipinski definition) is 3. The van der Waals surface area contributed by atoms with Crippen LogP contribution in [0.25, 0.3) is 11.3 Å². The first kappa shape index (κ1) is 15.7. The second-order valence-electron chi connectivity index (χ2n) is 5.98. The number of nitrogens with zero attached hydrogens (tertiary/aromatic N) is 2. The fraction of sp³-hybridized carbons (Fsp3) is 0.444. The van der Waals surface area contributed by atoms with Gasteiger partial charge < -0.3 is 10.1 Å². The summed E-state index contributed by atoms with van der Waals surface area (Å²) in [4.78, 5) is 12.0. The van der Waals surface area contributed by atoms with E-state index in [2.05, 4.69) is 10.4 Å². The highest BCUT2D eigenvalue weighted by molar-refractivity contribution is 5.76.